The third-order valence-electron chi connectivity index (χ3n) is 5.68. The zero-order valence-electron chi connectivity index (χ0n) is 18.1. The van der Waals surface area contributed by atoms with Crippen molar-refractivity contribution in [2.24, 2.45) is 0 Å². The van der Waals surface area contributed by atoms with Crippen LogP contribution in [-0.4, -0.2) is 45.7 Å². The van der Waals surface area contributed by atoms with Crippen LogP contribution < -0.4 is 10.6 Å². The third-order valence-corrected chi connectivity index (χ3v) is 5.68. The van der Waals surface area contributed by atoms with Crippen molar-refractivity contribution in [3.63, 3.8) is 0 Å². The molecule has 2 heterocycles. The summed E-state index contributed by atoms with van der Waals surface area (Å²) in [5.41, 5.74) is 3.50. The molecule has 6 nitrogen and oxygen atoms in total. The maximum absolute atomic E-state index is 9.39. The lowest BCUT2D eigenvalue weighted by Gasteiger charge is -2.32. The Morgan fingerprint density at radius 2 is 1.71 bits per heavy atom. The van der Waals surface area contributed by atoms with E-state index in [-0.39, 0.29) is 0 Å². The highest BCUT2D eigenvalue weighted by molar-refractivity contribution is 5.43. The zero-order valence-corrected chi connectivity index (χ0v) is 18.1. The van der Waals surface area contributed by atoms with Gasteiger partial charge in [-0.15, -0.1) is 0 Å². The molecule has 1 fully saturated rings. The van der Waals surface area contributed by atoms with Gasteiger partial charge in [0.15, 0.2) is 0 Å². The molecule has 0 unspecified atom stereocenters. The Balaban J connectivity index is 1.26. The van der Waals surface area contributed by atoms with E-state index < -0.39 is 0 Å². The Hall–Kier alpha value is -3.12. The summed E-state index contributed by atoms with van der Waals surface area (Å²) in [5.74, 6) is 1.84. The molecule has 3 N–H and O–H groups in total. The number of phenols is 1. The van der Waals surface area contributed by atoms with E-state index in [2.05, 4.69) is 55.8 Å². The number of phenolic OH excluding ortho intramolecular Hbond substituents is 1. The van der Waals surface area contributed by atoms with Crippen LogP contribution in [0.4, 0.5) is 11.8 Å². The molecule has 0 bridgehead atoms. The van der Waals surface area contributed by atoms with Crippen LogP contribution in [0.3, 0.4) is 0 Å². The average molecular weight is 418 g/mol. The van der Waals surface area contributed by atoms with Crippen LogP contribution in [0.5, 0.6) is 5.75 Å². The van der Waals surface area contributed by atoms with Crippen molar-refractivity contribution >= 4 is 11.8 Å². The molecule has 3 aromatic rings. The quantitative estimate of drug-likeness (QED) is 0.510. The van der Waals surface area contributed by atoms with Crippen molar-refractivity contribution in [2.75, 3.05) is 30.3 Å². The number of benzene rings is 2. The van der Waals surface area contributed by atoms with Crippen LogP contribution >= 0.6 is 0 Å². The van der Waals surface area contributed by atoms with Gasteiger partial charge in [-0.25, -0.2) is 4.98 Å². The lowest BCUT2D eigenvalue weighted by Crippen LogP contribution is -2.39. The molecular formula is C25H31N5O. The second kappa shape index (κ2) is 10.3. The fraction of sp³-hybridized carbons (Fsp3) is 0.360. The molecule has 1 saturated heterocycles. The smallest absolute Gasteiger partial charge is 0.225 e. The Kier molecular flexibility index (Phi) is 6.99. The SMILES string of the molecule is Cc1cc(NCCc2ccc(O)cc2)nc(NC2CCN(Cc3ccccc3)CC2)n1. The lowest BCUT2D eigenvalue weighted by atomic mass is 10.0. The normalized spacial score (nSPS) is 15.0. The van der Waals surface area contributed by atoms with E-state index in [0.29, 0.717) is 17.7 Å². The van der Waals surface area contributed by atoms with Crippen molar-refractivity contribution in [1.29, 1.82) is 0 Å². The summed E-state index contributed by atoms with van der Waals surface area (Å²) in [7, 11) is 0. The summed E-state index contributed by atoms with van der Waals surface area (Å²) < 4.78 is 0. The first kappa shape index (κ1) is 21.1. The van der Waals surface area contributed by atoms with Crippen LogP contribution in [0.2, 0.25) is 0 Å². The lowest BCUT2D eigenvalue weighted by molar-refractivity contribution is 0.211. The maximum Gasteiger partial charge on any atom is 0.225 e. The number of nitrogens with one attached hydrogen (secondary N) is 2. The van der Waals surface area contributed by atoms with Crippen LogP contribution in [0, 0.1) is 6.92 Å². The topological polar surface area (TPSA) is 73.3 Å². The summed E-state index contributed by atoms with van der Waals surface area (Å²) in [6.45, 7) is 5.95. The molecule has 1 aliphatic rings. The fourth-order valence-electron chi connectivity index (χ4n) is 3.98. The standard InChI is InChI=1S/C25H31N5O/c1-19-17-24(26-14-11-20-7-9-23(31)10-8-20)29-25(27-19)28-22-12-15-30(16-13-22)18-21-5-3-2-4-6-21/h2-10,17,22,31H,11-16,18H2,1H3,(H2,26,27,28,29). The largest absolute Gasteiger partial charge is 0.508 e. The predicted octanol–water partition coefficient (Wildman–Crippen LogP) is 4.22. The molecule has 31 heavy (non-hydrogen) atoms. The van der Waals surface area contributed by atoms with E-state index in [1.165, 1.54) is 11.1 Å². The van der Waals surface area contributed by atoms with Crippen molar-refractivity contribution in [1.82, 2.24) is 14.9 Å². The number of aromatic nitrogens is 2. The van der Waals surface area contributed by atoms with E-state index in [1.54, 1.807) is 12.1 Å². The second-order valence-corrected chi connectivity index (χ2v) is 8.24. The fourth-order valence-corrected chi connectivity index (χ4v) is 3.98. The molecule has 6 heteroatoms. The molecule has 0 saturated carbocycles. The van der Waals surface area contributed by atoms with Gasteiger partial charge in [-0.3, -0.25) is 4.90 Å². The Labute approximate surface area is 184 Å². The highest BCUT2D eigenvalue weighted by atomic mass is 16.3. The Bertz CT molecular complexity index is 953. The molecule has 1 aromatic heterocycles. The second-order valence-electron chi connectivity index (χ2n) is 8.24. The van der Waals surface area contributed by atoms with E-state index in [4.69, 9.17) is 0 Å². The number of hydrogen-bond donors (Lipinski definition) is 3. The van der Waals surface area contributed by atoms with Gasteiger partial charge >= 0.3 is 0 Å². The monoisotopic (exact) mass is 417 g/mol. The highest BCUT2D eigenvalue weighted by Gasteiger charge is 2.20. The van der Waals surface area contributed by atoms with Crippen LogP contribution in [-0.2, 0) is 13.0 Å². The first-order chi connectivity index (χ1) is 15.1. The molecule has 0 amide bonds. The van der Waals surface area contributed by atoms with Gasteiger partial charge in [-0.2, -0.15) is 4.98 Å². The average Bonchev–Trinajstić information content (AvgIpc) is 2.77. The van der Waals surface area contributed by atoms with E-state index >= 15 is 0 Å². The molecule has 0 atom stereocenters. The number of rotatable bonds is 8. The first-order valence-electron chi connectivity index (χ1n) is 11.0. The van der Waals surface area contributed by atoms with Gasteiger partial charge < -0.3 is 15.7 Å². The van der Waals surface area contributed by atoms with E-state index in [1.807, 2.05) is 25.1 Å². The minimum absolute atomic E-state index is 0.296. The predicted molar refractivity (Wildman–Crippen MR) is 125 cm³/mol. The molecule has 0 radical (unpaired) electrons. The van der Waals surface area contributed by atoms with Crippen LogP contribution in [0.25, 0.3) is 0 Å². The van der Waals surface area contributed by atoms with E-state index in [0.717, 1.165) is 57.0 Å². The number of anilines is 2. The first-order valence-corrected chi connectivity index (χ1v) is 11.0. The van der Waals surface area contributed by atoms with Gasteiger partial charge in [0.05, 0.1) is 0 Å². The van der Waals surface area contributed by atoms with Crippen molar-refractivity contribution in [3.05, 3.63) is 77.5 Å². The van der Waals surface area contributed by atoms with Gasteiger partial charge in [-0.1, -0.05) is 42.5 Å². The number of aryl methyl sites for hydroxylation is 1. The minimum atomic E-state index is 0.296. The molecule has 0 aliphatic carbocycles. The van der Waals surface area contributed by atoms with Crippen molar-refractivity contribution < 1.29 is 5.11 Å². The molecule has 0 spiro atoms. The summed E-state index contributed by atoms with van der Waals surface area (Å²) in [6.07, 6.45) is 3.05. The number of piperidine rings is 1. The Morgan fingerprint density at radius 3 is 2.45 bits per heavy atom. The van der Waals surface area contributed by atoms with Gasteiger partial charge in [0, 0.05) is 44.0 Å². The molecule has 4 rings (SSSR count). The number of aromatic hydroxyl groups is 1. The van der Waals surface area contributed by atoms with Gasteiger partial charge in [0.1, 0.15) is 11.6 Å². The molecule has 2 aromatic carbocycles. The summed E-state index contributed by atoms with van der Waals surface area (Å²) in [6, 6.07) is 20.4. The molecule has 162 valence electrons. The zero-order chi connectivity index (χ0) is 21.5. The van der Waals surface area contributed by atoms with E-state index in [9.17, 15) is 5.11 Å². The number of likely N-dealkylation sites (tertiary alicyclic amines) is 1. The maximum atomic E-state index is 9.39. The van der Waals surface area contributed by atoms with Gasteiger partial charge in [0.2, 0.25) is 5.95 Å². The molecule has 1 aliphatic heterocycles. The van der Waals surface area contributed by atoms with Gasteiger partial charge in [0.25, 0.3) is 0 Å². The van der Waals surface area contributed by atoms with Crippen molar-refractivity contribution in [2.45, 2.75) is 38.8 Å². The number of nitrogens with zero attached hydrogens (tertiary/aromatic N) is 3. The third kappa shape index (κ3) is 6.43. The summed E-state index contributed by atoms with van der Waals surface area (Å²) >= 11 is 0. The molecular weight excluding hydrogens is 386 g/mol. The van der Waals surface area contributed by atoms with Gasteiger partial charge in [-0.05, 0) is 49.4 Å². The summed E-state index contributed by atoms with van der Waals surface area (Å²) in [5, 5.41) is 16.3. The highest BCUT2D eigenvalue weighted by Crippen LogP contribution is 2.18. The Morgan fingerprint density at radius 1 is 0.968 bits per heavy atom. The van der Waals surface area contributed by atoms with Crippen LogP contribution in [0.15, 0.2) is 60.7 Å². The van der Waals surface area contributed by atoms with Crippen LogP contribution in [0.1, 0.15) is 29.7 Å². The summed E-state index contributed by atoms with van der Waals surface area (Å²) in [4.78, 5) is 11.8. The number of hydrogen-bond acceptors (Lipinski definition) is 6. The van der Waals surface area contributed by atoms with Crippen molar-refractivity contribution in [3.8, 4) is 5.75 Å². The minimum Gasteiger partial charge on any atom is -0.508 e.